The zero-order chi connectivity index (χ0) is 14.3. The fourth-order valence-electron chi connectivity index (χ4n) is 2.80. The Morgan fingerprint density at radius 3 is 2.20 bits per heavy atom. The van der Waals surface area contributed by atoms with Crippen molar-refractivity contribution in [3.63, 3.8) is 0 Å². The molecule has 0 saturated heterocycles. The first-order valence-corrected chi connectivity index (χ1v) is 6.65. The Hall–Kier alpha value is -2.48. The second-order valence-electron chi connectivity index (χ2n) is 4.83. The van der Waals surface area contributed by atoms with Gasteiger partial charge in [0.25, 0.3) is 0 Å². The Labute approximate surface area is 117 Å². The fourth-order valence-corrected chi connectivity index (χ4v) is 2.80. The average molecular weight is 262 g/mol. The van der Waals surface area contributed by atoms with Crippen molar-refractivity contribution in [3.8, 4) is 0 Å². The van der Waals surface area contributed by atoms with Gasteiger partial charge in [0, 0.05) is 22.3 Å². The smallest absolute Gasteiger partial charge is 0.195 e. The zero-order valence-corrected chi connectivity index (χ0v) is 11.3. The SMILES string of the molecule is C=Cc1cccc2c1C(=O)c1cccc(CC)c1C2=O. The summed E-state index contributed by atoms with van der Waals surface area (Å²) in [6.45, 7) is 5.71. The molecule has 1 aliphatic rings. The largest absolute Gasteiger partial charge is 0.289 e. The molecule has 98 valence electrons. The van der Waals surface area contributed by atoms with Crippen LogP contribution >= 0.6 is 0 Å². The maximum absolute atomic E-state index is 12.7. The van der Waals surface area contributed by atoms with Gasteiger partial charge in [-0.25, -0.2) is 0 Å². The molecule has 0 aliphatic heterocycles. The number of ketones is 2. The van der Waals surface area contributed by atoms with Crippen LogP contribution in [0, 0.1) is 0 Å². The summed E-state index contributed by atoms with van der Waals surface area (Å²) < 4.78 is 0. The van der Waals surface area contributed by atoms with Gasteiger partial charge in [-0.1, -0.05) is 56.0 Å². The summed E-state index contributed by atoms with van der Waals surface area (Å²) in [6.07, 6.45) is 2.36. The topological polar surface area (TPSA) is 34.1 Å². The lowest BCUT2D eigenvalue weighted by atomic mass is 9.79. The Bertz CT molecular complexity index is 754. The van der Waals surface area contributed by atoms with Crippen molar-refractivity contribution in [2.45, 2.75) is 13.3 Å². The van der Waals surface area contributed by atoms with Gasteiger partial charge in [0.05, 0.1) is 0 Å². The van der Waals surface area contributed by atoms with Crippen LogP contribution in [-0.2, 0) is 6.42 Å². The van der Waals surface area contributed by atoms with Crippen molar-refractivity contribution in [2.24, 2.45) is 0 Å². The van der Waals surface area contributed by atoms with E-state index < -0.39 is 0 Å². The van der Waals surface area contributed by atoms with Crippen molar-refractivity contribution >= 4 is 17.6 Å². The van der Waals surface area contributed by atoms with Crippen molar-refractivity contribution in [2.75, 3.05) is 0 Å². The lowest BCUT2D eigenvalue weighted by Gasteiger charge is -2.21. The number of aryl methyl sites for hydroxylation is 1. The van der Waals surface area contributed by atoms with Gasteiger partial charge in [0.2, 0.25) is 0 Å². The van der Waals surface area contributed by atoms with E-state index in [4.69, 9.17) is 0 Å². The summed E-state index contributed by atoms with van der Waals surface area (Å²) >= 11 is 0. The number of hydrogen-bond acceptors (Lipinski definition) is 2. The lowest BCUT2D eigenvalue weighted by molar-refractivity contribution is 0.0978. The standard InChI is InChI=1S/C18H14O2/c1-3-11-7-5-9-13-15(11)17(19)14-10-6-8-12(4-2)16(14)18(13)20/h3,5-10H,1,4H2,2H3. The molecule has 0 atom stereocenters. The molecule has 0 aromatic heterocycles. The van der Waals surface area contributed by atoms with Crippen LogP contribution in [0.1, 0.15) is 49.9 Å². The molecular formula is C18H14O2. The van der Waals surface area contributed by atoms with E-state index in [1.165, 1.54) is 0 Å². The van der Waals surface area contributed by atoms with Crippen molar-refractivity contribution in [1.82, 2.24) is 0 Å². The molecule has 20 heavy (non-hydrogen) atoms. The van der Waals surface area contributed by atoms with Crippen LogP contribution < -0.4 is 0 Å². The predicted octanol–water partition coefficient (Wildman–Crippen LogP) is 3.67. The highest BCUT2D eigenvalue weighted by atomic mass is 16.1. The van der Waals surface area contributed by atoms with E-state index in [1.807, 2.05) is 25.1 Å². The van der Waals surface area contributed by atoms with E-state index in [0.717, 1.165) is 12.0 Å². The van der Waals surface area contributed by atoms with E-state index in [2.05, 4.69) is 6.58 Å². The van der Waals surface area contributed by atoms with Gasteiger partial charge in [-0.05, 0) is 17.5 Å². The lowest BCUT2D eigenvalue weighted by Crippen LogP contribution is -2.23. The molecule has 2 heteroatoms. The predicted molar refractivity (Wildman–Crippen MR) is 79.2 cm³/mol. The number of rotatable bonds is 2. The van der Waals surface area contributed by atoms with Crippen molar-refractivity contribution in [1.29, 1.82) is 0 Å². The fraction of sp³-hybridized carbons (Fsp3) is 0.111. The molecule has 0 N–H and O–H groups in total. The minimum absolute atomic E-state index is 0.0595. The second kappa shape index (κ2) is 4.57. The van der Waals surface area contributed by atoms with Gasteiger partial charge in [0.1, 0.15) is 0 Å². The Balaban J connectivity index is 2.36. The number of benzene rings is 2. The van der Waals surface area contributed by atoms with Crippen LogP contribution in [0.3, 0.4) is 0 Å². The van der Waals surface area contributed by atoms with E-state index in [9.17, 15) is 9.59 Å². The molecule has 1 aliphatic carbocycles. The summed E-state index contributed by atoms with van der Waals surface area (Å²) in [5.74, 6) is -0.142. The van der Waals surface area contributed by atoms with Crippen LogP contribution in [-0.4, -0.2) is 11.6 Å². The van der Waals surface area contributed by atoms with Crippen molar-refractivity contribution < 1.29 is 9.59 Å². The molecule has 0 spiro atoms. The number of hydrogen-bond donors (Lipinski definition) is 0. The molecule has 0 saturated carbocycles. The molecule has 0 heterocycles. The van der Waals surface area contributed by atoms with E-state index >= 15 is 0 Å². The maximum Gasteiger partial charge on any atom is 0.195 e. The van der Waals surface area contributed by atoms with Gasteiger partial charge in [-0.15, -0.1) is 0 Å². The molecule has 0 fully saturated rings. The zero-order valence-electron chi connectivity index (χ0n) is 11.3. The monoisotopic (exact) mass is 262 g/mol. The number of carbonyl (C=O) groups is 2. The highest BCUT2D eigenvalue weighted by molar-refractivity contribution is 6.29. The highest BCUT2D eigenvalue weighted by Gasteiger charge is 2.32. The molecule has 0 amide bonds. The molecule has 2 aromatic carbocycles. The Morgan fingerprint density at radius 1 is 0.950 bits per heavy atom. The molecule has 2 nitrogen and oxygen atoms in total. The van der Waals surface area contributed by atoms with Gasteiger partial charge >= 0.3 is 0 Å². The van der Waals surface area contributed by atoms with Crippen molar-refractivity contribution in [3.05, 3.63) is 76.4 Å². The number of fused-ring (bicyclic) bond motifs is 2. The molecule has 2 aromatic rings. The van der Waals surface area contributed by atoms with Gasteiger partial charge in [-0.2, -0.15) is 0 Å². The molecule has 0 bridgehead atoms. The third kappa shape index (κ3) is 1.58. The van der Waals surface area contributed by atoms with Gasteiger partial charge < -0.3 is 0 Å². The van der Waals surface area contributed by atoms with Crippen LogP contribution in [0.2, 0.25) is 0 Å². The van der Waals surface area contributed by atoms with Gasteiger partial charge in [-0.3, -0.25) is 9.59 Å². The number of carbonyl (C=O) groups excluding carboxylic acids is 2. The average Bonchev–Trinajstić information content (AvgIpc) is 2.50. The summed E-state index contributed by atoms with van der Waals surface area (Å²) in [4.78, 5) is 25.4. The first-order chi connectivity index (χ1) is 9.69. The van der Waals surface area contributed by atoms with E-state index in [1.54, 1.807) is 24.3 Å². The molecule has 0 radical (unpaired) electrons. The molecule has 3 rings (SSSR count). The van der Waals surface area contributed by atoms with E-state index in [0.29, 0.717) is 27.8 Å². The van der Waals surface area contributed by atoms with Crippen LogP contribution in [0.4, 0.5) is 0 Å². The molecule has 0 unspecified atom stereocenters. The minimum Gasteiger partial charge on any atom is -0.289 e. The quantitative estimate of drug-likeness (QED) is 0.706. The minimum atomic E-state index is -0.0830. The third-order valence-corrected chi connectivity index (χ3v) is 3.79. The van der Waals surface area contributed by atoms with E-state index in [-0.39, 0.29) is 11.6 Å². The highest BCUT2D eigenvalue weighted by Crippen LogP contribution is 2.31. The second-order valence-corrected chi connectivity index (χ2v) is 4.83. The van der Waals surface area contributed by atoms with Crippen LogP contribution in [0.25, 0.3) is 6.08 Å². The molecular weight excluding hydrogens is 248 g/mol. The van der Waals surface area contributed by atoms with Crippen LogP contribution in [0.15, 0.2) is 43.0 Å². The first kappa shape index (κ1) is 12.5. The normalized spacial score (nSPS) is 12.8. The summed E-state index contributed by atoms with van der Waals surface area (Å²) in [5, 5.41) is 0. The first-order valence-electron chi connectivity index (χ1n) is 6.65. The Morgan fingerprint density at radius 2 is 1.55 bits per heavy atom. The van der Waals surface area contributed by atoms with Crippen LogP contribution in [0.5, 0.6) is 0 Å². The van der Waals surface area contributed by atoms with Gasteiger partial charge in [0.15, 0.2) is 11.6 Å². The summed E-state index contributed by atoms with van der Waals surface area (Å²) in [5.41, 5.74) is 3.68. The summed E-state index contributed by atoms with van der Waals surface area (Å²) in [6, 6.07) is 10.8. The summed E-state index contributed by atoms with van der Waals surface area (Å²) in [7, 11) is 0. The third-order valence-electron chi connectivity index (χ3n) is 3.79. The maximum atomic E-state index is 12.7. The Kier molecular flexibility index (Phi) is 2.87.